The predicted molar refractivity (Wildman–Crippen MR) is 67.2 cm³/mol. The zero-order valence-corrected chi connectivity index (χ0v) is 11.2. The van der Waals surface area contributed by atoms with Crippen LogP contribution < -0.4 is 14.2 Å². The molecule has 20 heavy (non-hydrogen) atoms. The number of nitrogens with zero attached hydrogens (tertiary/aromatic N) is 4. The number of hydrogen-bond donors (Lipinski definition) is 0. The third-order valence-electron chi connectivity index (χ3n) is 2.42. The minimum Gasteiger partial charge on any atom is -0.481 e. The van der Waals surface area contributed by atoms with Crippen LogP contribution in [-0.4, -0.2) is 47.0 Å². The number of carbonyl (C=O) groups is 1. The maximum Gasteiger partial charge on any atom is 0.247 e. The quantitative estimate of drug-likeness (QED) is 0.729. The normalized spacial score (nSPS) is 9.95. The predicted octanol–water partition coefficient (Wildman–Crippen LogP) is 0.523. The lowest BCUT2D eigenvalue weighted by Gasteiger charge is -2.07. The number of methoxy groups -OCH3 is 3. The van der Waals surface area contributed by atoms with Gasteiger partial charge in [-0.1, -0.05) is 0 Å². The van der Waals surface area contributed by atoms with E-state index in [2.05, 4.69) is 19.9 Å². The van der Waals surface area contributed by atoms with E-state index in [0.29, 0.717) is 0 Å². The highest BCUT2D eigenvalue weighted by Crippen LogP contribution is 2.20. The number of hydrogen-bond acceptors (Lipinski definition) is 8. The second kappa shape index (κ2) is 5.91. The molecule has 0 fully saturated rings. The molecule has 2 aromatic rings. The molecule has 8 heteroatoms. The van der Waals surface area contributed by atoms with Gasteiger partial charge in [-0.05, 0) is 0 Å². The van der Waals surface area contributed by atoms with E-state index < -0.39 is 5.78 Å². The smallest absolute Gasteiger partial charge is 0.247 e. The summed E-state index contributed by atoms with van der Waals surface area (Å²) in [7, 11) is 4.28. The number of rotatable bonds is 5. The lowest BCUT2D eigenvalue weighted by molar-refractivity contribution is 0.102. The van der Waals surface area contributed by atoms with Crippen molar-refractivity contribution in [2.24, 2.45) is 0 Å². The second-order valence-electron chi connectivity index (χ2n) is 3.54. The molecule has 0 aliphatic carbocycles. The Bertz CT molecular complexity index is 633. The molecule has 0 radical (unpaired) electrons. The first kappa shape index (κ1) is 13.7. The van der Waals surface area contributed by atoms with Crippen LogP contribution >= 0.6 is 0 Å². The third kappa shape index (κ3) is 2.63. The molecule has 104 valence electrons. The molecule has 0 aromatic carbocycles. The Morgan fingerprint density at radius 1 is 1.00 bits per heavy atom. The fourth-order valence-corrected chi connectivity index (χ4v) is 1.45. The summed E-state index contributed by atoms with van der Waals surface area (Å²) in [6, 6.07) is 1.41. The van der Waals surface area contributed by atoms with Gasteiger partial charge in [-0.25, -0.2) is 15.0 Å². The number of carbonyl (C=O) groups excluding carboxylic acids is 1. The standard InChI is InChI=1S/C12H12N4O4/c1-18-8-4-7(14-6-15-8)11(17)10-12(20-3)16-9(19-2)5-13-10/h4-6H,1-3H3. The van der Waals surface area contributed by atoms with Crippen molar-refractivity contribution >= 4 is 5.78 Å². The van der Waals surface area contributed by atoms with E-state index in [1.807, 2.05) is 0 Å². The van der Waals surface area contributed by atoms with Crippen molar-refractivity contribution in [2.75, 3.05) is 21.3 Å². The summed E-state index contributed by atoms with van der Waals surface area (Å²) in [6.45, 7) is 0. The molecule has 2 rings (SSSR count). The molecule has 0 N–H and O–H groups in total. The van der Waals surface area contributed by atoms with Gasteiger partial charge in [0.2, 0.25) is 23.4 Å². The topological polar surface area (TPSA) is 96.3 Å². The van der Waals surface area contributed by atoms with E-state index in [1.54, 1.807) is 0 Å². The van der Waals surface area contributed by atoms with E-state index in [0.717, 1.165) is 0 Å². The van der Waals surface area contributed by atoms with Crippen LogP contribution in [0.25, 0.3) is 0 Å². The summed E-state index contributed by atoms with van der Waals surface area (Å²) in [5.41, 5.74) is 0.170. The Morgan fingerprint density at radius 2 is 1.75 bits per heavy atom. The fourth-order valence-electron chi connectivity index (χ4n) is 1.45. The second-order valence-corrected chi connectivity index (χ2v) is 3.54. The molecule has 0 aliphatic rings. The number of ether oxygens (including phenoxy) is 3. The summed E-state index contributed by atoms with van der Waals surface area (Å²) >= 11 is 0. The van der Waals surface area contributed by atoms with Crippen LogP contribution in [0.5, 0.6) is 17.6 Å². The van der Waals surface area contributed by atoms with Crippen molar-refractivity contribution in [2.45, 2.75) is 0 Å². The molecule has 8 nitrogen and oxygen atoms in total. The highest BCUT2D eigenvalue weighted by Gasteiger charge is 2.20. The van der Waals surface area contributed by atoms with Crippen LogP contribution in [0.1, 0.15) is 16.2 Å². The molecule has 0 saturated carbocycles. The summed E-state index contributed by atoms with van der Waals surface area (Å²) in [6.07, 6.45) is 2.56. The van der Waals surface area contributed by atoms with Gasteiger partial charge in [0.25, 0.3) is 0 Å². The first-order chi connectivity index (χ1) is 9.69. The van der Waals surface area contributed by atoms with Crippen molar-refractivity contribution in [3.8, 4) is 17.6 Å². The maximum atomic E-state index is 12.3. The molecule has 2 aromatic heterocycles. The van der Waals surface area contributed by atoms with Crippen molar-refractivity contribution < 1.29 is 19.0 Å². The van der Waals surface area contributed by atoms with Gasteiger partial charge >= 0.3 is 0 Å². The summed E-state index contributed by atoms with van der Waals surface area (Å²) in [5.74, 6) is 0.145. The zero-order chi connectivity index (χ0) is 14.5. The lowest BCUT2D eigenvalue weighted by Crippen LogP contribution is -2.10. The van der Waals surface area contributed by atoms with Gasteiger partial charge in [-0.3, -0.25) is 4.79 Å². The lowest BCUT2D eigenvalue weighted by atomic mass is 10.2. The number of ketones is 1. The summed E-state index contributed by atoms with van der Waals surface area (Å²) in [4.78, 5) is 28.0. The largest absolute Gasteiger partial charge is 0.481 e. The zero-order valence-electron chi connectivity index (χ0n) is 11.2. The van der Waals surface area contributed by atoms with Gasteiger partial charge in [0.05, 0.1) is 27.5 Å². The van der Waals surface area contributed by atoms with Crippen LogP contribution in [0.2, 0.25) is 0 Å². The van der Waals surface area contributed by atoms with Gasteiger partial charge in [0.1, 0.15) is 12.0 Å². The highest BCUT2D eigenvalue weighted by atomic mass is 16.5. The molecule has 0 aliphatic heterocycles. The van der Waals surface area contributed by atoms with Crippen LogP contribution in [0.4, 0.5) is 0 Å². The molecular weight excluding hydrogens is 264 g/mol. The van der Waals surface area contributed by atoms with Gasteiger partial charge in [0, 0.05) is 6.07 Å². The Labute approximate surface area is 114 Å². The van der Waals surface area contributed by atoms with Crippen LogP contribution in [-0.2, 0) is 0 Å². The van der Waals surface area contributed by atoms with Crippen molar-refractivity contribution in [1.82, 2.24) is 19.9 Å². The average molecular weight is 276 g/mol. The van der Waals surface area contributed by atoms with Crippen LogP contribution in [0.15, 0.2) is 18.6 Å². The third-order valence-corrected chi connectivity index (χ3v) is 2.42. The molecule has 0 unspecified atom stereocenters. The molecule has 0 saturated heterocycles. The molecule has 0 atom stereocenters. The SMILES string of the molecule is COc1cc(C(=O)c2ncc(OC)nc2OC)ncn1. The Morgan fingerprint density at radius 3 is 2.40 bits per heavy atom. The first-order valence-corrected chi connectivity index (χ1v) is 5.55. The Kier molecular flexibility index (Phi) is 4.04. The minimum absolute atomic E-state index is 0.0362. The summed E-state index contributed by atoms with van der Waals surface area (Å²) < 4.78 is 14.9. The monoisotopic (exact) mass is 276 g/mol. The molecular formula is C12H12N4O4. The Hall–Kier alpha value is -2.77. The first-order valence-electron chi connectivity index (χ1n) is 5.55. The Balaban J connectivity index is 2.42. The van der Waals surface area contributed by atoms with E-state index in [1.165, 1.54) is 39.9 Å². The fraction of sp³-hybridized carbons (Fsp3) is 0.250. The van der Waals surface area contributed by atoms with Gasteiger partial charge in [0.15, 0.2) is 5.69 Å². The number of aromatic nitrogens is 4. The van der Waals surface area contributed by atoms with E-state index >= 15 is 0 Å². The van der Waals surface area contributed by atoms with Crippen LogP contribution in [0.3, 0.4) is 0 Å². The molecule has 0 spiro atoms. The maximum absolute atomic E-state index is 12.3. The average Bonchev–Trinajstić information content (AvgIpc) is 2.53. The van der Waals surface area contributed by atoms with Crippen molar-refractivity contribution in [3.63, 3.8) is 0 Å². The molecule has 2 heterocycles. The van der Waals surface area contributed by atoms with E-state index in [4.69, 9.17) is 14.2 Å². The van der Waals surface area contributed by atoms with Crippen molar-refractivity contribution in [3.05, 3.63) is 30.0 Å². The molecule has 0 bridgehead atoms. The summed E-state index contributed by atoms with van der Waals surface area (Å²) in [5, 5.41) is 0. The van der Waals surface area contributed by atoms with Crippen molar-refractivity contribution in [1.29, 1.82) is 0 Å². The van der Waals surface area contributed by atoms with E-state index in [-0.39, 0.29) is 29.0 Å². The van der Waals surface area contributed by atoms with Gasteiger partial charge < -0.3 is 14.2 Å². The van der Waals surface area contributed by atoms with E-state index in [9.17, 15) is 4.79 Å². The highest BCUT2D eigenvalue weighted by molar-refractivity contribution is 6.07. The van der Waals surface area contributed by atoms with Gasteiger partial charge in [-0.2, -0.15) is 4.98 Å². The molecule has 0 amide bonds. The minimum atomic E-state index is -0.447. The van der Waals surface area contributed by atoms with Crippen LogP contribution in [0, 0.1) is 0 Å². The van der Waals surface area contributed by atoms with Gasteiger partial charge in [-0.15, -0.1) is 0 Å².